The fourth-order valence-electron chi connectivity index (χ4n) is 1.40. The molecule has 0 saturated heterocycles. The Morgan fingerprint density at radius 2 is 1.42 bits per heavy atom. The minimum atomic E-state index is 0.728. The second kappa shape index (κ2) is 14.8. The minimum absolute atomic E-state index is 0.728. The summed E-state index contributed by atoms with van der Waals surface area (Å²) in [4.78, 5) is 2.33. The highest BCUT2D eigenvalue weighted by Gasteiger charge is 1.99. The molecule has 0 aromatic heterocycles. The van der Waals surface area contributed by atoms with Gasteiger partial charge in [0.05, 0.1) is 0 Å². The largest absolute Gasteiger partial charge is 0.492 e. The molecule has 0 heterocycles. The van der Waals surface area contributed by atoms with Gasteiger partial charge in [-0.3, -0.25) is 0 Å². The summed E-state index contributed by atoms with van der Waals surface area (Å²) in [6.45, 7) is 16.2. The molecule has 3 nitrogen and oxygen atoms in total. The quantitative estimate of drug-likeness (QED) is 0.791. The van der Waals surface area contributed by atoms with Crippen molar-refractivity contribution in [1.82, 2.24) is 4.90 Å². The Kier molecular flexibility index (Phi) is 15.7. The third-order valence-electron chi connectivity index (χ3n) is 2.45. The Bertz CT molecular complexity index is 269. The average Bonchev–Trinajstić information content (AvgIpc) is 2.50. The molecule has 19 heavy (non-hydrogen) atoms. The maximum atomic E-state index is 5.60. The number of benzene rings is 1. The SMILES string of the molecule is CC.CC.CCN(CC)CCOc1ccc(N)cc1. The Morgan fingerprint density at radius 1 is 0.947 bits per heavy atom. The minimum Gasteiger partial charge on any atom is -0.492 e. The molecule has 2 N–H and O–H groups in total. The van der Waals surface area contributed by atoms with Gasteiger partial charge < -0.3 is 15.4 Å². The first-order valence-electron chi connectivity index (χ1n) is 7.47. The number of nitrogen functional groups attached to an aromatic ring is 1. The van der Waals surface area contributed by atoms with Gasteiger partial charge in [-0.2, -0.15) is 0 Å². The highest BCUT2D eigenvalue weighted by atomic mass is 16.5. The lowest BCUT2D eigenvalue weighted by Gasteiger charge is -2.17. The molecule has 0 atom stereocenters. The van der Waals surface area contributed by atoms with E-state index in [-0.39, 0.29) is 0 Å². The van der Waals surface area contributed by atoms with Crippen LogP contribution in [0.5, 0.6) is 5.75 Å². The molecule has 0 radical (unpaired) electrons. The Balaban J connectivity index is 0. The van der Waals surface area contributed by atoms with Crippen LogP contribution >= 0.6 is 0 Å². The summed E-state index contributed by atoms with van der Waals surface area (Å²) in [5.41, 5.74) is 6.35. The van der Waals surface area contributed by atoms with E-state index in [4.69, 9.17) is 10.5 Å². The van der Waals surface area contributed by atoms with Crippen LogP contribution in [0, 0.1) is 0 Å². The Hall–Kier alpha value is -1.22. The van der Waals surface area contributed by atoms with Gasteiger partial charge in [0.2, 0.25) is 0 Å². The zero-order valence-electron chi connectivity index (χ0n) is 13.6. The molecule has 112 valence electrons. The first-order chi connectivity index (χ1) is 9.26. The number of rotatable bonds is 6. The first kappa shape index (κ1) is 20.1. The molecule has 0 unspecified atom stereocenters. The Morgan fingerprint density at radius 3 is 1.84 bits per heavy atom. The monoisotopic (exact) mass is 268 g/mol. The predicted molar refractivity (Wildman–Crippen MR) is 86.8 cm³/mol. The van der Waals surface area contributed by atoms with Gasteiger partial charge in [0.25, 0.3) is 0 Å². The van der Waals surface area contributed by atoms with Crippen molar-refractivity contribution in [3.8, 4) is 5.75 Å². The van der Waals surface area contributed by atoms with Crippen LogP contribution in [0.25, 0.3) is 0 Å². The van der Waals surface area contributed by atoms with E-state index in [2.05, 4.69) is 18.7 Å². The third-order valence-corrected chi connectivity index (χ3v) is 2.45. The standard InChI is InChI=1S/C12H20N2O.2C2H6/c1-3-14(4-2)9-10-15-12-7-5-11(13)6-8-12;2*1-2/h5-8H,3-4,9-10,13H2,1-2H3;2*1-2H3. The number of ether oxygens (including phenoxy) is 1. The van der Waals surface area contributed by atoms with E-state index in [9.17, 15) is 0 Å². The van der Waals surface area contributed by atoms with Crippen LogP contribution in [0.3, 0.4) is 0 Å². The second-order valence-corrected chi connectivity index (χ2v) is 3.44. The summed E-state index contributed by atoms with van der Waals surface area (Å²) >= 11 is 0. The van der Waals surface area contributed by atoms with Crippen molar-refractivity contribution in [2.45, 2.75) is 41.5 Å². The molecular weight excluding hydrogens is 236 g/mol. The smallest absolute Gasteiger partial charge is 0.119 e. The van der Waals surface area contributed by atoms with Gasteiger partial charge >= 0.3 is 0 Å². The highest BCUT2D eigenvalue weighted by molar-refractivity contribution is 5.41. The van der Waals surface area contributed by atoms with Crippen molar-refractivity contribution < 1.29 is 4.74 Å². The summed E-state index contributed by atoms with van der Waals surface area (Å²) < 4.78 is 5.60. The number of likely N-dealkylation sites (N-methyl/N-ethyl adjacent to an activating group) is 1. The zero-order chi connectivity index (χ0) is 15.1. The maximum Gasteiger partial charge on any atom is 0.119 e. The van der Waals surface area contributed by atoms with Crippen LogP contribution in [0.1, 0.15) is 41.5 Å². The number of nitrogens with zero attached hydrogens (tertiary/aromatic N) is 1. The van der Waals surface area contributed by atoms with E-state index in [1.54, 1.807) is 0 Å². The van der Waals surface area contributed by atoms with Gasteiger partial charge in [0, 0.05) is 12.2 Å². The van der Waals surface area contributed by atoms with Crippen LogP contribution in [0.4, 0.5) is 5.69 Å². The van der Waals surface area contributed by atoms with Crippen molar-refractivity contribution in [1.29, 1.82) is 0 Å². The second-order valence-electron chi connectivity index (χ2n) is 3.44. The van der Waals surface area contributed by atoms with E-state index < -0.39 is 0 Å². The molecule has 0 spiro atoms. The molecule has 1 rings (SSSR count). The highest BCUT2D eigenvalue weighted by Crippen LogP contribution is 2.12. The number of anilines is 1. The number of hydrogen-bond acceptors (Lipinski definition) is 3. The van der Waals surface area contributed by atoms with Crippen molar-refractivity contribution in [2.75, 3.05) is 32.0 Å². The summed E-state index contributed by atoms with van der Waals surface area (Å²) in [5, 5.41) is 0. The summed E-state index contributed by atoms with van der Waals surface area (Å²) in [7, 11) is 0. The van der Waals surface area contributed by atoms with Crippen LogP contribution in [-0.4, -0.2) is 31.1 Å². The molecule has 0 aliphatic carbocycles. The van der Waals surface area contributed by atoms with Gasteiger partial charge in [-0.1, -0.05) is 41.5 Å². The normalized spacial score (nSPS) is 9.00. The number of nitrogens with two attached hydrogens (primary N) is 1. The van der Waals surface area contributed by atoms with Gasteiger partial charge in [-0.25, -0.2) is 0 Å². The average molecular weight is 268 g/mol. The van der Waals surface area contributed by atoms with E-state index in [1.165, 1.54) is 0 Å². The third kappa shape index (κ3) is 10.4. The van der Waals surface area contributed by atoms with Gasteiger partial charge in [-0.15, -0.1) is 0 Å². The molecule has 0 fully saturated rings. The van der Waals surface area contributed by atoms with E-state index in [0.717, 1.165) is 37.7 Å². The topological polar surface area (TPSA) is 38.5 Å². The summed E-state index contributed by atoms with van der Waals surface area (Å²) in [5.74, 6) is 0.886. The molecule has 0 aliphatic rings. The van der Waals surface area contributed by atoms with Gasteiger partial charge in [-0.05, 0) is 37.4 Å². The van der Waals surface area contributed by atoms with Crippen molar-refractivity contribution in [2.24, 2.45) is 0 Å². The molecule has 3 heteroatoms. The lowest BCUT2D eigenvalue weighted by atomic mass is 10.3. The lowest BCUT2D eigenvalue weighted by molar-refractivity contribution is 0.223. The Labute approximate surface area is 119 Å². The fraction of sp³-hybridized carbons (Fsp3) is 0.625. The molecule has 1 aromatic carbocycles. The molecule has 0 aliphatic heterocycles. The van der Waals surface area contributed by atoms with Crippen LogP contribution in [-0.2, 0) is 0 Å². The molecular formula is C16H32N2O. The lowest BCUT2D eigenvalue weighted by Crippen LogP contribution is -2.27. The molecule has 0 amide bonds. The maximum absolute atomic E-state index is 5.60. The van der Waals surface area contributed by atoms with Crippen LogP contribution in [0.15, 0.2) is 24.3 Å². The van der Waals surface area contributed by atoms with E-state index in [1.807, 2.05) is 52.0 Å². The summed E-state index contributed by atoms with van der Waals surface area (Å²) in [6, 6.07) is 7.51. The van der Waals surface area contributed by atoms with Crippen molar-refractivity contribution in [3.05, 3.63) is 24.3 Å². The zero-order valence-corrected chi connectivity index (χ0v) is 13.6. The van der Waals surface area contributed by atoms with Crippen LogP contribution in [0.2, 0.25) is 0 Å². The molecule has 1 aromatic rings. The van der Waals surface area contributed by atoms with Crippen molar-refractivity contribution >= 4 is 5.69 Å². The van der Waals surface area contributed by atoms with Gasteiger partial charge in [0.15, 0.2) is 0 Å². The predicted octanol–water partition coefficient (Wildman–Crippen LogP) is 4.04. The molecule has 0 bridgehead atoms. The van der Waals surface area contributed by atoms with Crippen LogP contribution < -0.4 is 10.5 Å². The number of hydrogen-bond donors (Lipinski definition) is 1. The fourth-order valence-corrected chi connectivity index (χ4v) is 1.40. The van der Waals surface area contributed by atoms with E-state index in [0.29, 0.717) is 0 Å². The van der Waals surface area contributed by atoms with Gasteiger partial charge in [0.1, 0.15) is 12.4 Å². The summed E-state index contributed by atoms with van der Waals surface area (Å²) in [6.07, 6.45) is 0. The molecule has 0 saturated carbocycles. The van der Waals surface area contributed by atoms with E-state index >= 15 is 0 Å². The van der Waals surface area contributed by atoms with Crippen molar-refractivity contribution in [3.63, 3.8) is 0 Å². The first-order valence-corrected chi connectivity index (χ1v) is 7.47.